The lowest BCUT2D eigenvalue weighted by Crippen LogP contribution is -2.33. The first-order valence-corrected chi connectivity index (χ1v) is 3.75. The topological polar surface area (TPSA) is 37.3 Å². The average Bonchev–Trinajstić information content (AvgIpc) is 1.95. The van der Waals surface area contributed by atoms with E-state index in [-0.39, 0.29) is 5.03 Å². The zero-order valence-corrected chi connectivity index (χ0v) is 7.01. The van der Waals surface area contributed by atoms with Gasteiger partial charge in [0.15, 0.2) is 5.06 Å². The van der Waals surface area contributed by atoms with Crippen LogP contribution in [-0.2, 0) is 4.79 Å². The lowest BCUT2D eigenvalue weighted by molar-refractivity contribution is -0.112. The van der Waals surface area contributed by atoms with Crippen LogP contribution >= 0.6 is 23.2 Å². The molecule has 1 aliphatic carbocycles. The summed E-state index contributed by atoms with van der Waals surface area (Å²) in [4.78, 5) is 10.3. The van der Waals surface area contributed by atoms with Crippen molar-refractivity contribution in [2.75, 3.05) is 0 Å². The molecule has 0 fully saturated rings. The zero-order valence-electron chi connectivity index (χ0n) is 5.50. The van der Waals surface area contributed by atoms with Gasteiger partial charge in [-0.05, 0) is 6.08 Å². The van der Waals surface area contributed by atoms with Crippen LogP contribution in [0.25, 0.3) is 0 Å². The van der Waals surface area contributed by atoms with E-state index in [1.807, 2.05) is 0 Å². The third-order valence-corrected chi connectivity index (χ3v) is 2.45. The van der Waals surface area contributed by atoms with Gasteiger partial charge in [0.25, 0.3) is 0 Å². The van der Waals surface area contributed by atoms with Crippen LogP contribution in [0.2, 0.25) is 0 Å². The van der Waals surface area contributed by atoms with Crippen LogP contribution in [0.1, 0.15) is 0 Å². The summed E-state index contributed by atoms with van der Waals surface area (Å²) >= 11 is 11.1. The molecule has 0 aliphatic heterocycles. The summed E-state index contributed by atoms with van der Waals surface area (Å²) in [5.41, 5.74) is 0. The van der Waals surface area contributed by atoms with Crippen LogP contribution in [-0.4, -0.2) is 16.5 Å². The molecule has 1 aliphatic rings. The second kappa shape index (κ2) is 2.97. The summed E-state index contributed by atoms with van der Waals surface area (Å²) in [6.45, 7) is 0. The molecule has 0 spiro atoms. The molecule has 0 heterocycles. The quantitative estimate of drug-likeness (QED) is 0.505. The van der Waals surface area contributed by atoms with E-state index in [2.05, 4.69) is 0 Å². The molecule has 0 saturated carbocycles. The summed E-state index contributed by atoms with van der Waals surface area (Å²) in [6, 6.07) is 0. The molecule has 0 amide bonds. The van der Waals surface area contributed by atoms with Crippen LogP contribution in [0.15, 0.2) is 23.3 Å². The molecular formula is C7H6Cl2O2. The van der Waals surface area contributed by atoms with Crippen molar-refractivity contribution in [3.05, 3.63) is 23.3 Å². The second-order valence-electron chi connectivity index (χ2n) is 2.23. The van der Waals surface area contributed by atoms with E-state index >= 15 is 0 Å². The molecule has 2 unspecified atom stereocenters. The van der Waals surface area contributed by atoms with Gasteiger partial charge in [-0.2, -0.15) is 0 Å². The van der Waals surface area contributed by atoms with Crippen molar-refractivity contribution in [2.45, 2.75) is 5.06 Å². The molecule has 2 nitrogen and oxygen atoms in total. The van der Waals surface area contributed by atoms with Gasteiger partial charge in [-0.1, -0.05) is 35.4 Å². The Hall–Kier alpha value is -0.310. The highest BCUT2D eigenvalue weighted by Gasteiger charge is 2.37. The molecular weight excluding hydrogens is 187 g/mol. The fourth-order valence-electron chi connectivity index (χ4n) is 0.799. The van der Waals surface area contributed by atoms with Gasteiger partial charge < -0.3 is 9.90 Å². The molecule has 1 rings (SSSR count). The summed E-state index contributed by atoms with van der Waals surface area (Å²) in [5, 5.41) is 7.70. The first kappa shape index (κ1) is 8.78. The maximum atomic E-state index is 10.3. The van der Waals surface area contributed by atoms with Crippen molar-refractivity contribution in [1.29, 1.82) is 0 Å². The molecule has 0 aromatic rings. The van der Waals surface area contributed by atoms with Gasteiger partial charge in [0.2, 0.25) is 0 Å². The van der Waals surface area contributed by atoms with Crippen LogP contribution in [0, 0.1) is 5.92 Å². The summed E-state index contributed by atoms with van der Waals surface area (Å²) in [6.07, 6.45) is 5.08. The maximum Gasteiger partial charge on any atom is 0.187 e. The number of aldehydes is 1. The molecule has 2 atom stereocenters. The molecule has 0 radical (unpaired) electrons. The smallest absolute Gasteiger partial charge is 0.187 e. The van der Waals surface area contributed by atoms with Gasteiger partial charge in [0.1, 0.15) is 6.29 Å². The summed E-state index contributed by atoms with van der Waals surface area (Å²) in [5.74, 6) is -0.762. The van der Waals surface area contributed by atoms with Gasteiger partial charge in [-0.3, -0.25) is 0 Å². The Morgan fingerprint density at radius 2 is 2.36 bits per heavy atom. The number of allylic oxidation sites excluding steroid dienone is 2. The minimum Gasteiger partial charge on any atom is -0.369 e. The van der Waals surface area contributed by atoms with Crippen molar-refractivity contribution in [3.8, 4) is 0 Å². The van der Waals surface area contributed by atoms with Gasteiger partial charge in [-0.15, -0.1) is 0 Å². The van der Waals surface area contributed by atoms with E-state index in [1.165, 1.54) is 12.2 Å². The van der Waals surface area contributed by atoms with Crippen LogP contribution in [0.3, 0.4) is 0 Å². The molecule has 11 heavy (non-hydrogen) atoms. The van der Waals surface area contributed by atoms with Crippen molar-refractivity contribution >= 4 is 29.5 Å². The van der Waals surface area contributed by atoms with Gasteiger partial charge in [-0.25, -0.2) is 0 Å². The Labute approximate surface area is 74.1 Å². The highest BCUT2D eigenvalue weighted by atomic mass is 35.5. The molecule has 4 heteroatoms. The van der Waals surface area contributed by atoms with Gasteiger partial charge >= 0.3 is 0 Å². The molecule has 0 aromatic heterocycles. The number of hydrogen-bond acceptors (Lipinski definition) is 2. The van der Waals surface area contributed by atoms with E-state index in [0.29, 0.717) is 6.29 Å². The normalized spacial score (nSPS) is 36.6. The Bertz CT molecular complexity index is 231. The molecule has 0 bridgehead atoms. The van der Waals surface area contributed by atoms with Crippen LogP contribution in [0.4, 0.5) is 0 Å². The van der Waals surface area contributed by atoms with E-state index in [9.17, 15) is 9.90 Å². The number of rotatable bonds is 1. The Morgan fingerprint density at radius 3 is 2.82 bits per heavy atom. The van der Waals surface area contributed by atoms with Crippen molar-refractivity contribution in [1.82, 2.24) is 0 Å². The van der Waals surface area contributed by atoms with Crippen molar-refractivity contribution in [3.63, 3.8) is 0 Å². The average molecular weight is 193 g/mol. The molecule has 1 N–H and O–H groups in total. The zero-order chi connectivity index (χ0) is 8.48. The summed E-state index contributed by atoms with van der Waals surface area (Å²) in [7, 11) is 0. The summed E-state index contributed by atoms with van der Waals surface area (Å²) < 4.78 is 0. The largest absolute Gasteiger partial charge is 0.369 e. The molecule has 0 saturated heterocycles. The highest BCUT2D eigenvalue weighted by Crippen LogP contribution is 2.35. The van der Waals surface area contributed by atoms with E-state index in [1.54, 1.807) is 6.08 Å². The van der Waals surface area contributed by atoms with E-state index < -0.39 is 11.0 Å². The van der Waals surface area contributed by atoms with Crippen LogP contribution < -0.4 is 0 Å². The first-order chi connectivity index (χ1) is 5.09. The Balaban J connectivity index is 2.97. The predicted octanol–water partition coefficient (Wildman–Crippen LogP) is 1.42. The van der Waals surface area contributed by atoms with Gasteiger partial charge in [0, 0.05) is 0 Å². The Kier molecular flexibility index (Phi) is 2.37. The predicted molar refractivity (Wildman–Crippen MR) is 43.4 cm³/mol. The number of carbonyl (C=O) groups is 1. The molecule has 60 valence electrons. The fraction of sp³-hybridized carbons (Fsp3) is 0.286. The lowest BCUT2D eigenvalue weighted by Gasteiger charge is -2.25. The van der Waals surface area contributed by atoms with Gasteiger partial charge in [0.05, 0.1) is 11.0 Å². The number of alkyl halides is 1. The number of hydrogen-bond donors (Lipinski definition) is 1. The number of halogens is 2. The first-order valence-electron chi connectivity index (χ1n) is 3.00. The highest BCUT2D eigenvalue weighted by molar-refractivity contribution is 6.39. The third-order valence-electron chi connectivity index (χ3n) is 1.48. The van der Waals surface area contributed by atoms with E-state index in [0.717, 1.165) is 0 Å². The van der Waals surface area contributed by atoms with Crippen molar-refractivity contribution < 1.29 is 9.90 Å². The maximum absolute atomic E-state index is 10.3. The fourth-order valence-corrected chi connectivity index (χ4v) is 1.18. The second-order valence-corrected chi connectivity index (χ2v) is 3.22. The molecule has 0 aromatic carbocycles. The number of aliphatic hydroxyl groups is 1. The van der Waals surface area contributed by atoms with Crippen LogP contribution in [0.5, 0.6) is 0 Å². The minimum atomic E-state index is -1.75. The standard InChI is InChI=1S/C7H6Cl2O2/c8-6-3-1-2-5(4-10)7(6,9)11/h1-5,11H. The van der Waals surface area contributed by atoms with Crippen molar-refractivity contribution in [2.24, 2.45) is 5.92 Å². The number of carbonyl (C=O) groups excluding carboxylic acids is 1. The third kappa shape index (κ3) is 1.48. The Morgan fingerprint density at radius 1 is 1.73 bits per heavy atom. The minimum absolute atomic E-state index is 0.0683. The monoisotopic (exact) mass is 192 g/mol. The van der Waals surface area contributed by atoms with E-state index in [4.69, 9.17) is 23.2 Å². The lowest BCUT2D eigenvalue weighted by atomic mass is 9.98. The SMILES string of the molecule is O=CC1C=CC=C(Cl)C1(O)Cl.